The van der Waals surface area contributed by atoms with Crippen molar-refractivity contribution in [2.45, 2.75) is 37.9 Å². The molecule has 2 unspecified atom stereocenters. The number of hydrogen-bond acceptors (Lipinski definition) is 3. The number of piperidine rings is 1. The topological polar surface area (TPSA) is 29.5 Å². The highest BCUT2D eigenvalue weighted by Crippen LogP contribution is 2.34. The quantitative estimate of drug-likeness (QED) is 0.409. The average Bonchev–Trinajstić information content (AvgIpc) is 2.74. The molecule has 4 rings (SSSR count). The van der Waals surface area contributed by atoms with Crippen LogP contribution in [0.15, 0.2) is 30.3 Å². The number of rotatable bonds is 5. The van der Waals surface area contributed by atoms with Gasteiger partial charge in [0.25, 0.3) is 0 Å². The molecule has 2 heterocycles. The van der Waals surface area contributed by atoms with Crippen LogP contribution in [0.25, 0.3) is 0 Å². The lowest BCUT2D eigenvalue weighted by molar-refractivity contribution is -0.133. The van der Waals surface area contributed by atoms with Crippen LogP contribution in [0.4, 0.5) is 22.0 Å². The summed E-state index contributed by atoms with van der Waals surface area (Å²) in [5.74, 6) is -11.2. The maximum absolute atomic E-state index is 14.0. The van der Waals surface area contributed by atoms with Crippen LogP contribution in [-0.2, 0) is 22.5 Å². The van der Waals surface area contributed by atoms with Gasteiger partial charge < -0.3 is 4.74 Å². The van der Waals surface area contributed by atoms with E-state index in [2.05, 4.69) is 4.90 Å². The van der Waals surface area contributed by atoms with E-state index in [-0.39, 0.29) is 12.1 Å². The van der Waals surface area contributed by atoms with E-state index in [4.69, 9.17) is 4.74 Å². The standard InChI is InChI=1S/C22H20F5NO2/c23-18-16(19(24)21(26)22(27)20(18)25)8-17(29)13-6-14-10-30-11-15(7-13)28(14)9-12-4-2-1-3-5-12/h1-5,13-15H,6-11H2. The van der Waals surface area contributed by atoms with Crippen LogP contribution in [0.5, 0.6) is 0 Å². The van der Waals surface area contributed by atoms with Crippen LogP contribution in [0, 0.1) is 35.0 Å². The molecule has 0 spiro atoms. The number of carbonyl (C=O) groups excluding carboxylic acids is 1. The molecule has 0 aliphatic carbocycles. The molecule has 0 aromatic heterocycles. The lowest BCUT2D eigenvalue weighted by atomic mass is 9.80. The van der Waals surface area contributed by atoms with E-state index in [1.807, 2.05) is 30.3 Å². The van der Waals surface area contributed by atoms with Crippen molar-refractivity contribution in [3.05, 3.63) is 70.5 Å². The van der Waals surface area contributed by atoms with E-state index in [0.29, 0.717) is 32.6 Å². The first-order chi connectivity index (χ1) is 14.4. The monoisotopic (exact) mass is 425 g/mol. The van der Waals surface area contributed by atoms with Crippen molar-refractivity contribution in [3.63, 3.8) is 0 Å². The van der Waals surface area contributed by atoms with Gasteiger partial charge >= 0.3 is 0 Å². The fraction of sp³-hybridized carbons (Fsp3) is 0.409. The largest absolute Gasteiger partial charge is 0.378 e. The van der Waals surface area contributed by atoms with Crippen LogP contribution < -0.4 is 0 Å². The number of morpholine rings is 1. The minimum absolute atomic E-state index is 0.0527. The van der Waals surface area contributed by atoms with Crippen LogP contribution in [0.3, 0.4) is 0 Å². The van der Waals surface area contributed by atoms with Crippen molar-refractivity contribution in [3.8, 4) is 0 Å². The molecule has 0 amide bonds. The SMILES string of the molecule is O=C(Cc1c(F)c(F)c(F)c(F)c1F)C1CC2COCC(C1)N2Cc1ccccc1. The van der Waals surface area contributed by atoms with E-state index >= 15 is 0 Å². The van der Waals surface area contributed by atoms with Crippen molar-refractivity contribution in [1.29, 1.82) is 0 Å². The van der Waals surface area contributed by atoms with Gasteiger partial charge in [-0.1, -0.05) is 30.3 Å². The summed E-state index contributed by atoms with van der Waals surface area (Å²) in [5, 5.41) is 0. The summed E-state index contributed by atoms with van der Waals surface area (Å²) >= 11 is 0. The third-order valence-corrected chi connectivity index (χ3v) is 5.99. The molecule has 160 valence electrons. The molecule has 0 saturated carbocycles. The van der Waals surface area contributed by atoms with Gasteiger partial charge in [-0.15, -0.1) is 0 Å². The first kappa shape index (κ1) is 20.9. The van der Waals surface area contributed by atoms with E-state index < -0.39 is 52.8 Å². The van der Waals surface area contributed by atoms with E-state index in [1.165, 1.54) is 0 Å². The first-order valence-electron chi connectivity index (χ1n) is 9.77. The summed E-state index contributed by atoms with van der Waals surface area (Å²) in [5.41, 5.74) is 0.0603. The Kier molecular flexibility index (Phi) is 5.88. The summed E-state index contributed by atoms with van der Waals surface area (Å²) in [6, 6.07) is 9.74. The number of halogens is 5. The fourth-order valence-corrected chi connectivity index (χ4v) is 4.43. The zero-order chi connectivity index (χ0) is 21.4. The summed E-state index contributed by atoms with van der Waals surface area (Å²) in [4.78, 5) is 15.0. The number of ether oxygens (including phenoxy) is 1. The van der Waals surface area contributed by atoms with Gasteiger partial charge in [0.15, 0.2) is 23.3 Å². The third kappa shape index (κ3) is 3.86. The molecule has 0 radical (unpaired) electrons. The molecule has 2 aromatic rings. The summed E-state index contributed by atoms with van der Waals surface area (Å²) in [6.45, 7) is 1.55. The van der Waals surface area contributed by atoms with Gasteiger partial charge in [0, 0.05) is 36.5 Å². The predicted molar refractivity (Wildman–Crippen MR) is 98.0 cm³/mol. The van der Waals surface area contributed by atoms with E-state index in [1.54, 1.807) is 0 Å². The molecule has 2 aliphatic rings. The summed E-state index contributed by atoms with van der Waals surface area (Å²) in [6.07, 6.45) is 0.00453. The second-order valence-electron chi connectivity index (χ2n) is 7.86. The molecular formula is C22H20F5NO2. The molecule has 30 heavy (non-hydrogen) atoms. The van der Waals surface area contributed by atoms with Crippen LogP contribution in [-0.4, -0.2) is 36.0 Å². The van der Waals surface area contributed by atoms with E-state index in [9.17, 15) is 26.7 Å². The maximum Gasteiger partial charge on any atom is 0.200 e. The zero-order valence-corrected chi connectivity index (χ0v) is 16.0. The van der Waals surface area contributed by atoms with Gasteiger partial charge in [-0.2, -0.15) is 0 Å². The lowest BCUT2D eigenvalue weighted by Crippen LogP contribution is -2.57. The molecule has 2 atom stereocenters. The number of fused-ring (bicyclic) bond motifs is 2. The van der Waals surface area contributed by atoms with Crippen molar-refractivity contribution in [2.24, 2.45) is 5.92 Å². The Balaban J connectivity index is 1.50. The number of nitrogens with zero attached hydrogens (tertiary/aromatic N) is 1. The number of Topliss-reactive ketones (excluding diaryl/α,β-unsaturated/α-hetero) is 1. The average molecular weight is 425 g/mol. The first-order valence-corrected chi connectivity index (χ1v) is 9.77. The Morgan fingerprint density at radius 1 is 0.867 bits per heavy atom. The molecule has 3 nitrogen and oxygen atoms in total. The highest BCUT2D eigenvalue weighted by Gasteiger charge is 2.41. The van der Waals surface area contributed by atoms with Gasteiger partial charge in [-0.05, 0) is 18.4 Å². The fourth-order valence-electron chi connectivity index (χ4n) is 4.43. The van der Waals surface area contributed by atoms with Crippen molar-refractivity contribution in [2.75, 3.05) is 13.2 Å². The smallest absolute Gasteiger partial charge is 0.200 e. The van der Waals surface area contributed by atoms with Crippen LogP contribution >= 0.6 is 0 Å². The number of carbonyl (C=O) groups is 1. The van der Waals surface area contributed by atoms with Crippen molar-refractivity contribution >= 4 is 5.78 Å². The Morgan fingerprint density at radius 3 is 1.97 bits per heavy atom. The zero-order valence-electron chi connectivity index (χ0n) is 16.0. The molecule has 2 saturated heterocycles. The number of hydrogen-bond donors (Lipinski definition) is 0. The second kappa shape index (κ2) is 8.43. The lowest BCUT2D eigenvalue weighted by Gasteiger charge is -2.48. The molecular weight excluding hydrogens is 405 g/mol. The van der Waals surface area contributed by atoms with E-state index in [0.717, 1.165) is 5.56 Å². The third-order valence-electron chi connectivity index (χ3n) is 5.99. The normalized spacial score (nSPS) is 24.1. The minimum Gasteiger partial charge on any atom is -0.378 e. The minimum atomic E-state index is -2.22. The van der Waals surface area contributed by atoms with Gasteiger partial charge in [0.1, 0.15) is 5.78 Å². The van der Waals surface area contributed by atoms with Crippen molar-refractivity contribution in [1.82, 2.24) is 4.90 Å². The molecule has 0 N–H and O–H groups in total. The van der Waals surface area contributed by atoms with Crippen LogP contribution in [0.2, 0.25) is 0 Å². The summed E-state index contributed by atoms with van der Waals surface area (Å²) in [7, 11) is 0. The molecule has 2 fully saturated rings. The Hall–Kier alpha value is -2.32. The van der Waals surface area contributed by atoms with Crippen molar-refractivity contribution < 1.29 is 31.5 Å². The summed E-state index contributed by atoms with van der Waals surface area (Å²) < 4.78 is 73.7. The Morgan fingerprint density at radius 2 is 1.40 bits per heavy atom. The van der Waals surface area contributed by atoms with Gasteiger partial charge in [-0.3, -0.25) is 9.69 Å². The molecule has 2 aliphatic heterocycles. The molecule has 2 bridgehead atoms. The highest BCUT2D eigenvalue weighted by atomic mass is 19.2. The number of ketones is 1. The molecule has 2 aromatic carbocycles. The Bertz CT molecular complexity index is 909. The molecule has 8 heteroatoms. The van der Waals surface area contributed by atoms with Gasteiger partial charge in [-0.25, -0.2) is 22.0 Å². The maximum atomic E-state index is 14.0. The second-order valence-corrected chi connectivity index (χ2v) is 7.86. The Labute approximate surface area is 170 Å². The predicted octanol–water partition coefficient (Wildman–Crippen LogP) is 4.17. The number of benzene rings is 2. The highest BCUT2D eigenvalue weighted by molar-refractivity contribution is 5.83. The van der Waals surface area contributed by atoms with Gasteiger partial charge in [0.2, 0.25) is 5.82 Å². The van der Waals surface area contributed by atoms with Crippen LogP contribution in [0.1, 0.15) is 24.0 Å². The van der Waals surface area contributed by atoms with Gasteiger partial charge in [0.05, 0.1) is 13.2 Å².